The largest absolute Gasteiger partial charge is 0.489 e. The number of carboxylic acids is 1. The van der Waals surface area contributed by atoms with Gasteiger partial charge in [0, 0.05) is 11.1 Å². The number of alkyl halides is 2. The van der Waals surface area contributed by atoms with Gasteiger partial charge in [-0.2, -0.15) is 0 Å². The average Bonchev–Trinajstić information content (AvgIpc) is 2.47. The Kier molecular flexibility index (Phi) is 4.75. The maximum absolute atomic E-state index is 13.3. The normalized spacial score (nSPS) is 10.8. The van der Waals surface area contributed by atoms with E-state index in [1.165, 1.54) is 19.9 Å². The molecule has 2 rings (SSSR count). The van der Waals surface area contributed by atoms with Gasteiger partial charge >= 0.3 is 5.97 Å². The van der Waals surface area contributed by atoms with Crippen molar-refractivity contribution in [1.29, 1.82) is 0 Å². The maximum Gasteiger partial charge on any atom is 0.336 e. The fourth-order valence-electron chi connectivity index (χ4n) is 2.35. The fraction of sp³-hybridized carbons (Fsp3) is 0.235. The minimum Gasteiger partial charge on any atom is -0.489 e. The van der Waals surface area contributed by atoms with Crippen LogP contribution in [0.25, 0.3) is 0 Å². The fourth-order valence-corrected chi connectivity index (χ4v) is 2.35. The number of carbonyl (C=O) groups is 1. The standard InChI is InChI=1S/C17H16F2O3/c1-10-8-13(22-9-12-6-4-3-5-7-12)11(2)15(16(18)19)14(10)17(20)21/h3-8,16H,9H2,1-2H3,(H,20,21). The van der Waals surface area contributed by atoms with Crippen LogP contribution in [0.15, 0.2) is 36.4 Å². The van der Waals surface area contributed by atoms with E-state index in [2.05, 4.69) is 0 Å². The lowest BCUT2D eigenvalue weighted by molar-refractivity contribution is 0.0683. The Balaban J connectivity index is 2.39. The molecule has 0 unspecified atom stereocenters. The third-order valence-electron chi connectivity index (χ3n) is 3.45. The summed E-state index contributed by atoms with van der Waals surface area (Å²) in [5.74, 6) is -1.08. The topological polar surface area (TPSA) is 46.5 Å². The number of hydrogen-bond acceptors (Lipinski definition) is 2. The molecule has 0 amide bonds. The molecule has 0 bridgehead atoms. The first-order valence-corrected chi connectivity index (χ1v) is 6.74. The number of ether oxygens (including phenoxy) is 1. The smallest absolute Gasteiger partial charge is 0.336 e. The first kappa shape index (κ1) is 15.9. The molecule has 3 nitrogen and oxygen atoms in total. The van der Waals surface area contributed by atoms with Crippen LogP contribution in [0.5, 0.6) is 5.75 Å². The van der Waals surface area contributed by atoms with E-state index >= 15 is 0 Å². The van der Waals surface area contributed by atoms with E-state index in [0.29, 0.717) is 0 Å². The van der Waals surface area contributed by atoms with Gasteiger partial charge in [0.1, 0.15) is 12.4 Å². The minimum absolute atomic E-state index is 0.161. The predicted octanol–water partition coefficient (Wildman–Crippen LogP) is 4.52. The molecule has 2 aromatic carbocycles. The second-order valence-corrected chi connectivity index (χ2v) is 4.99. The number of halogens is 2. The van der Waals surface area contributed by atoms with Crippen LogP contribution < -0.4 is 4.74 Å². The summed E-state index contributed by atoms with van der Waals surface area (Å²) in [4.78, 5) is 11.2. The zero-order valence-corrected chi connectivity index (χ0v) is 12.3. The number of carboxylic acid groups (broad SMARTS) is 1. The molecule has 0 aliphatic heterocycles. The van der Waals surface area contributed by atoms with Gasteiger partial charge in [0.15, 0.2) is 0 Å². The van der Waals surface area contributed by atoms with Gasteiger partial charge in [-0.15, -0.1) is 0 Å². The molecule has 0 fully saturated rings. The maximum atomic E-state index is 13.3. The summed E-state index contributed by atoms with van der Waals surface area (Å²) in [5, 5.41) is 9.14. The van der Waals surface area contributed by atoms with Crippen molar-refractivity contribution >= 4 is 5.97 Å². The van der Waals surface area contributed by atoms with Crippen LogP contribution in [-0.2, 0) is 6.61 Å². The van der Waals surface area contributed by atoms with Gasteiger partial charge in [0.25, 0.3) is 6.43 Å². The molecule has 0 aromatic heterocycles. The van der Waals surface area contributed by atoms with E-state index in [1.54, 1.807) is 0 Å². The van der Waals surface area contributed by atoms with Gasteiger partial charge in [-0.05, 0) is 31.0 Å². The van der Waals surface area contributed by atoms with Crippen molar-refractivity contribution in [2.24, 2.45) is 0 Å². The van der Waals surface area contributed by atoms with Crippen LogP contribution in [0.3, 0.4) is 0 Å². The molecule has 0 saturated carbocycles. The van der Waals surface area contributed by atoms with Crippen molar-refractivity contribution in [2.45, 2.75) is 26.9 Å². The third kappa shape index (κ3) is 3.24. The summed E-state index contributed by atoms with van der Waals surface area (Å²) in [5.41, 5.74) is 0.501. The Morgan fingerprint density at radius 3 is 2.41 bits per heavy atom. The van der Waals surface area contributed by atoms with Gasteiger partial charge in [0.2, 0.25) is 0 Å². The SMILES string of the molecule is Cc1cc(OCc2ccccc2)c(C)c(C(F)F)c1C(=O)O. The summed E-state index contributed by atoms with van der Waals surface area (Å²) in [7, 11) is 0. The van der Waals surface area contributed by atoms with Gasteiger partial charge in [0.05, 0.1) is 5.56 Å². The Hall–Kier alpha value is -2.43. The first-order chi connectivity index (χ1) is 10.4. The molecule has 2 aromatic rings. The zero-order valence-electron chi connectivity index (χ0n) is 12.3. The molecule has 0 radical (unpaired) electrons. The average molecular weight is 306 g/mol. The molecule has 1 N–H and O–H groups in total. The van der Waals surface area contributed by atoms with Crippen molar-refractivity contribution in [3.8, 4) is 5.75 Å². The quantitative estimate of drug-likeness (QED) is 0.883. The molecule has 0 aliphatic carbocycles. The highest BCUT2D eigenvalue weighted by Crippen LogP contribution is 2.35. The van der Waals surface area contributed by atoms with Crippen molar-refractivity contribution in [3.63, 3.8) is 0 Å². The Morgan fingerprint density at radius 2 is 1.86 bits per heavy atom. The number of rotatable bonds is 5. The monoisotopic (exact) mass is 306 g/mol. The Morgan fingerprint density at radius 1 is 1.23 bits per heavy atom. The van der Waals surface area contributed by atoms with Crippen LogP contribution >= 0.6 is 0 Å². The van der Waals surface area contributed by atoms with E-state index < -0.39 is 18.0 Å². The number of aromatic carboxylic acids is 1. The molecular weight excluding hydrogens is 290 g/mol. The highest BCUT2D eigenvalue weighted by molar-refractivity contribution is 5.92. The highest BCUT2D eigenvalue weighted by Gasteiger charge is 2.25. The number of aryl methyl sites for hydroxylation is 1. The lowest BCUT2D eigenvalue weighted by Crippen LogP contribution is -2.10. The van der Waals surface area contributed by atoms with Gasteiger partial charge in [-0.3, -0.25) is 0 Å². The molecule has 0 aliphatic rings. The van der Waals surface area contributed by atoms with Gasteiger partial charge in [-0.25, -0.2) is 13.6 Å². The van der Waals surface area contributed by atoms with E-state index in [-0.39, 0.29) is 29.0 Å². The van der Waals surface area contributed by atoms with Crippen molar-refractivity contribution in [2.75, 3.05) is 0 Å². The van der Waals surface area contributed by atoms with Crippen molar-refractivity contribution in [1.82, 2.24) is 0 Å². The summed E-state index contributed by atoms with van der Waals surface area (Å²) >= 11 is 0. The molecular formula is C17H16F2O3. The highest BCUT2D eigenvalue weighted by atomic mass is 19.3. The third-order valence-corrected chi connectivity index (χ3v) is 3.45. The Labute approximate surface area is 127 Å². The van der Waals surface area contributed by atoms with Crippen molar-refractivity contribution < 1.29 is 23.4 Å². The molecule has 0 spiro atoms. The molecule has 22 heavy (non-hydrogen) atoms. The molecule has 5 heteroatoms. The second kappa shape index (κ2) is 6.56. The van der Waals surface area contributed by atoms with Crippen molar-refractivity contribution in [3.05, 3.63) is 64.2 Å². The lowest BCUT2D eigenvalue weighted by atomic mass is 9.96. The van der Waals surface area contributed by atoms with Crippen LogP contribution in [0.1, 0.15) is 39.0 Å². The summed E-state index contributed by atoms with van der Waals surface area (Å²) in [6.45, 7) is 3.17. The lowest BCUT2D eigenvalue weighted by Gasteiger charge is -2.17. The first-order valence-electron chi connectivity index (χ1n) is 6.74. The van der Waals surface area contributed by atoms with Crippen LogP contribution in [0.4, 0.5) is 8.78 Å². The second-order valence-electron chi connectivity index (χ2n) is 4.99. The predicted molar refractivity (Wildman–Crippen MR) is 78.6 cm³/mol. The van der Waals surface area contributed by atoms with E-state index in [1.807, 2.05) is 30.3 Å². The van der Waals surface area contributed by atoms with Crippen LogP contribution in [-0.4, -0.2) is 11.1 Å². The summed E-state index contributed by atoms with van der Waals surface area (Å²) in [6.07, 6.45) is -2.87. The molecule has 0 heterocycles. The number of benzene rings is 2. The van der Waals surface area contributed by atoms with E-state index in [0.717, 1.165) is 5.56 Å². The van der Waals surface area contributed by atoms with Gasteiger partial charge in [-0.1, -0.05) is 30.3 Å². The Bertz CT molecular complexity index is 682. The molecule has 0 atom stereocenters. The van der Waals surface area contributed by atoms with E-state index in [9.17, 15) is 13.6 Å². The van der Waals surface area contributed by atoms with Crippen LogP contribution in [0.2, 0.25) is 0 Å². The van der Waals surface area contributed by atoms with Gasteiger partial charge < -0.3 is 9.84 Å². The number of hydrogen-bond donors (Lipinski definition) is 1. The summed E-state index contributed by atoms with van der Waals surface area (Å²) < 4.78 is 32.1. The van der Waals surface area contributed by atoms with Crippen LogP contribution in [0, 0.1) is 13.8 Å². The molecule has 116 valence electrons. The molecule has 0 saturated heterocycles. The van der Waals surface area contributed by atoms with E-state index in [4.69, 9.17) is 9.84 Å². The minimum atomic E-state index is -2.87. The zero-order chi connectivity index (χ0) is 16.3. The summed E-state index contributed by atoms with van der Waals surface area (Å²) in [6, 6.07) is 10.8.